The molecule has 5 rings (SSSR count). The standard InChI is InChI=1S/C31H32F3N7O2/c1-20-28(27-17-18-36-40(27)24-13-9-22(35-2)10-14-24)39(29(42)37-23-11-15-26(16-12-23)41(3,4)5)30(43)38(20)25-8-6-7-21(19-25)31(32,33)34/h6-10,13-14,17-19,23,26H,11-12,15-16H2,1,3-5H3/p+1. The lowest BCUT2D eigenvalue weighted by Gasteiger charge is -2.38. The van der Waals surface area contributed by atoms with Gasteiger partial charge in [-0.25, -0.2) is 23.7 Å². The molecule has 2 aromatic heterocycles. The maximum Gasteiger partial charge on any atom is 0.416 e. The van der Waals surface area contributed by atoms with Gasteiger partial charge in [0.15, 0.2) is 5.69 Å². The number of nitrogens with one attached hydrogen (secondary N) is 1. The minimum absolute atomic E-state index is 0.0129. The Kier molecular flexibility index (Phi) is 7.79. The minimum Gasteiger partial charge on any atom is -0.335 e. The van der Waals surface area contributed by atoms with Crippen molar-refractivity contribution in [3.63, 3.8) is 0 Å². The van der Waals surface area contributed by atoms with E-state index in [1.807, 2.05) is 0 Å². The number of carbonyl (C=O) groups excluding carboxylic acids is 1. The molecule has 0 radical (unpaired) electrons. The number of hydrogen-bond acceptors (Lipinski definition) is 3. The molecule has 1 fully saturated rings. The second-order valence-corrected chi connectivity index (χ2v) is 11.8. The van der Waals surface area contributed by atoms with Crippen LogP contribution in [0.1, 0.15) is 36.9 Å². The van der Waals surface area contributed by atoms with Gasteiger partial charge in [-0.15, -0.1) is 0 Å². The Labute approximate surface area is 247 Å². The van der Waals surface area contributed by atoms with Crippen molar-refractivity contribution in [1.82, 2.24) is 24.2 Å². The van der Waals surface area contributed by atoms with Crippen molar-refractivity contribution in [1.29, 1.82) is 0 Å². The highest BCUT2D eigenvalue weighted by Crippen LogP contribution is 2.32. The van der Waals surface area contributed by atoms with E-state index in [-0.39, 0.29) is 23.1 Å². The van der Waals surface area contributed by atoms with Crippen LogP contribution < -0.4 is 11.0 Å². The first-order valence-electron chi connectivity index (χ1n) is 14.0. The van der Waals surface area contributed by atoms with Crippen molar-refractivity contribution in [3.05, 3.63) is 94.0 Å². The molecule has 1 aliphatic rings. The molecule has 1 aliphatic carbocycles. The summed E-state index contributed by atoms with van der Waals surface area (Å²) in [6, 6.07) is 12.4. The molecule has 0 bridgehead atoms. The summed E-state index contributed by atoms with van der Waals surface area (Å²) in [4.78, 5) is 31.3. The van der Waals surface area contributed by atoms with Crippen LogP contribution in [-0.4, -0.2) is 62.7 Å². The highest BCUT2D eigenvalue weighted by Gasteiger charge is 2.34. The number of quaternary nitrogens is 1. The van der Waals surface area contributed by atoms with E-state index in [1.54, 1.807) is 37.3 Å². The van der Waals surface area contributed by atoms with Crippen molar-refractivity contribution < 1.29 is 22.4 Å². The number of amides is 1. The van der Waals surface area contributed by atoms with E-state index in [4.69, 9.17) is 6.57 Å². The van der Waals surface area contributed by atoms with Gasteiger partial charge >= 0.3 is 17.9 Å². The van der Waals surface area contributed by atoms with Gasteiger partial charge < -0.3 is 9.80 Å². The van der Waals surface area contributed by atoms with Crippen LogP contribution >= 0.6 is 0 Å². The Hall–Kier alpha value is -4.63. The third-order valence-electron chi connectivity index (χ3n) is 8.15. The van der Waals surface area contributed by atoms with Crippen LogP contribution in [0, 0.1) is 13.5 Å². The molecule has 224 valence electrons. The van der Waals surface area contributed by atoms with E-state index >= 15 is 0 Å². The summed E-state index contributed by atoms with van der Waals surface area (Å²) in [7, 11) is 6.44. The number of hydrogen-bond donors (Lipinski definition) is 1. The first kappa shape index (κ1) is 29.8. The summed E-state index contributed by atoms with van der Waals surface area (Å²) in [5.74, 6) is 0. The van der Waals surface area contributed by atoms with Gasteiger partial charge in [0, 0.05) is 18.9 Å². The molecule has 1 saturated carbocycles. The number of imidazole rings is 1. The average Bonchev–Trinajstić information content (AvgIpc) is 3.54. The number of benzene rings is 2. The van der Waals surface area contributed by atoms with E-state index in [2.05, 4.69) is 36.4 Å². The number of rotatable bonds is 5. The van der Waals surface area contributed by atoms with Crippen LogP contribution in [0.3, 0.4) is 0 Å². The van der Waals surface area contributed by atoms with Crippen LogP contribution in [0.2, 0.25) is 0 Å². The topological polar surface area (TPSA) is 78.2 Å². The van der Waals surface area contributed by atoms with Gasteiger partial charge in [0.2, 0.25) is 0 Å². The molecule has 2 heterocycles. The van der Waals surface area contributed by atoms with E-state index < -0.39 is 23.5 Å². The zero-order valence-corrected chi connectivity index (χ0v) is 24.4. The van der Waals surface area contributed by atoms with Crippen LogP contribution in [0.25, 0.3) is 27.6 Å². The largest absolute Gasteiger partial charge is 0.416 e. The molecule has 1 amide bonds. The SMILES string of the molecule is [C-]#[N+]c1ccc(-n2nccc2-c2c(C)n(-c3cccc(C(F)(F)F)c3)c(=O)n2C(=O)NC2CCC([N+](C)(C)C)CC2)cc1. The Bertz CT molecular complexity index is 1740. The average molecular weight is 593 g/mol. The van der Waals surface area contributed by atoms with Crippen LogP contribution in [0.4, 0.5) is 23.7 Å². The molecular formula is C31H33F3N7O2+. The van der Waals surface area contributed by atoms with Gasteiger partial charge in [0.1, 0.15) is 5.69 Å². The van der Waals surface area contributed by atoms with Crippen LogP contribution in [0.5, 0.6) is 0 Å². The normalized spacial score (nSPS) is 17.4. The predicted octanol–water partition coefficient (Wildman–Crippen LogP) is 5.94. The number of carbonyl (C=O) groups is 1. The van der Waals surface area contributed by atoms with Crippen LogP contribution in [0.15, 0.2) is 65.6 Å². The third kappa shape index (κ3) is 5.85. The molecule has 0 unspecified atom stereocenters. The zero-order valence-electron chi connectivity index (χ0n) is 24.4. The Balaban J connectivity index is 1.62. The van der Waals surface area contributed by atoms with Gasteiger partial charge in [0.05, 0.1) is 68.3 Å². The monoisotopic (exact) mass is 592 g/mol. The summed E-state index contributed by atoms with van der Waals surface area (Å²) in [5.41, 5.74) is 0.159. The lowest BCUT2D eigenvalue weighted by molar-refractivity contribution is -0.897. The quantitative estimate of drug-likeness (QED) is 0.230. The smallest absolute Gasteiger partial charge is 0.335 e. The summed E-state index contributed by atoms with van der Waals surface area (Å²) in [6.07, 6.45) is 0.208. The summed E-state index contributed by atoms with van der Waals surface area (Å²) >= 11 is 0. The molecular weight excluding hydrogens is 559 g/mol. The van der Waals surface area contributed by atoms with E-state index in [1.165, 1.54) is 23.0 Å². The molecule has 1 N–H and O–H groups in total. The molecule has 0 spiro atoms. The number of aromatic nitrogens is 4. The van der Waals surface area contributed by atoms with Gasteiger partial charge in [-0.3, -0.25) is 4.57 Å². The van der Waals surface area contributed by atoms with Gasteiger partial charge in [-0.2, -0.15) is 18.3 Å². The second kappa shape index (κ2) is 11.2. The van der Waals surface area contributed by atoms with Gasteiger partial charge in [-0.1, -0.05) is 18.2 Å². The van der Waals surface area contributed by atoms with Crippen molar-refractivity contribution in [2.24, 2.45) is 0 Å². The Morgan fingerprint density at radius 2 is 1.70 bits per heavy atom. The molecule has 0 aliphatic heterocycles. The van der Waals surface area contributed by atoms with Gasteiger partial charge in [0.25, 0.3) is 0 Å². The second-order valence-electron chi connectivity index (χ2n) is 11.8. The lowest BCUT2D eigenvalue weighted by atomic mass is 9.89. The van der Waals surface area contributed by atoms with Gasteiger partial charge in [-0.05, 0) is 56.2 Å². The Morgan fingerprint density at radius 1 is 1.02 bits per heavy atom. The highest BCUT2D eigenvalue weighted by atomic mass is 19.4. The van der Waals surface area contributed by atoms with Crippen molar-refractivity contribution in [2.45, 2.75) is 50.9 Å². The molecule has 0 atom stereocenters. The minimum atomic E-state index is -4.61. The number of halogens is 3. The summed E-state index contributed by atoms with van der Waals surface area (Å²) in [5, 5.41) is 7.41. The summed E-state index contributed by atoms with van der Waals surface area (Å²) < 4.78 is 45.2. The fourth-order valence-corrected chi connectivity index (χ4v) is 5.81. The van der Waals surface area contributed by atoms with E-state index in [9.17, 15) is 22.8 Å². The Morgan fingerprint density at radius 3 is 2.30 bits per heavy atom. The highest BCUT2D eigenvalue weighted by molar-refractivity contribution is 5.83. The molecule has 9 nitrogen and oxygen atoms in total. The van der Waals surface area contributed by atoms with E-state index in [0.717, 1.165) is 51.4 Å². The summed E-state index contributed by atoms with van der Waals surface area (Å²) in [6.45, 7) is 8.81. The zero-order chi connectivity index (χ0) is 31.1. The molecule has 2 aromatic carbocycles. The molecule has 4 aromatic rings. The molecule has 43 heavy (non-hydrogen) atoms. The fourth-order valence-electron chi connectivity index (χ4n) is 5.81. The number of nitrogens with zero attached hydrogens (tertiary/aromatic N) is 6. The fraction of sp³-hybridized carbons (Fsp3) is 0.355. The maximum atomic E-state index is 14.0. The van der Waals surface area contributed by atoms with Crippen molar-refractivity contribution in [3.8, 4) is 22.8 Å². The first-order chi connectivity index (χ1) is 20.3. The van der Waals surface area contributed by atoms with Crippen molar-refractivity contribution >= 4 is 11.7 Å². The third-order valence-corrected chi connectivity index (χ3v) is 8.15. The predicted molar refractivity (Wildman–Crippen MR) is 157 cm³/mol. The molecule has 12 heteroatoms. The lowest BCUT2D eigenvalue weighted by Crippen LogP contribution is -2.50. The molecule has 0 saturated heterocycles. The van der Waals surface area contributed by atoms with E-state index in [0.29, 0.717) is 23.1 Å². The van der Waals surface area contributed by atoms with Crippen molar-refractivity contribution in [2.75, 3.05) is 21.1 Å². The number of alkyl halides is 3. The first-order valence-corrected chi connectivity index (χ1v) is 14.0. The maximum absolute atomic E-state index is 14.0. The van der Waals surface area contributed by atoms with Crippen LogP contribution in [-0.2, 0) is 6.18 Å².